The first-order valence-corrected chi connectivity index (χ1v) is 8.02. The standard InChI is InChI=1S/C15H28F2N2O/c16-15(17)8-18-14-7-13(5-2-6-20)10-19(11-14)9-12-3-1-4-12/h12-15,18,20H,1-11H2. The van der Waals surface area contributed by atoms with Crippen LogP contribution >= 0.6 is 0 Å². The zero-order chi connectivity index (χ0) is 14.4. The summed E-state index contributed by atoms with van der Waals surface area (Å²) in [6, 6.07) is 0.182. The molecular weight excluding hydrogens is 262 g/mol. The molecule has 1 aliphatic heterocycles. The van der Waals surface area contributed by atoms with Crippen molar-refractivity contribution in [3.63, 3.8) is 0 Å². The Kier molecular flexibility index (Phi) is 6.65. The summed E-state index contributed by atoms with van der Waals surface area (Å²) in [7, 11) is 0. The van der Waals surface area contributed by atoms with Gasteiger partial charge in [-0.15, -0.1) is 0 Å². The third-order valence-corrected chi connectivity index (χ3v) is 4.69. The topological polar surface area (TPSA) is 35.5 Å². The smallest absolute Gasteiger partial charge is 0.250 e. The zero-order valence-corrected chi connectivity index (χ0v) is 12.2. The van der Waals surface area contributed by atoms with Crippen molar-refractivity contribution in [3.8, 4) is 0 Å². The SMILES string of the molecule is OCCCC1CC(NCC(F)F)CN(CC2CCC2)C1. The van der Waals surface area contributed by atoms with Crippen LogP contribution in [-0.2, 0) is 0 Å². The van der Waals surface area contributed by atoms with Gasteiger partial charge in [-0.3, -0.25) is 0 Å². The molecule has 0 bridgehead atoms. The molecule has 2 unspecified atom stereocenters. The van der Waals surface area contributed by atoms with E-state index in [2.05, 4.69) is 10.2 Å². The maximum Gasteiger partial charge on any atom is 0.250 e. The number of aliphatic hydroxyl groups is 1. The number of halogens is 2. The number of piperidine rings is 1. The lowest BCUT2D eigenvalue weighted by atomic mass is 9.83. The molecule has 1 heterocycles. The highest BCUT2D eigenvalue weighted by Gasteiger charge is 2.29. The highest BCUT2D eigenvalue weighted by atomic mass is 19.3. The summed E-state index contributed by atoms with van der Waals surface area (Å²) in [5.74, 6) is 1.36. The molecule has 0 aromatic heterocycles. The van der Waals surface area contributed by atoms with Gasteiger partial charge >= 0.3 is 0 Å². The second-order valence-electron chi connectivity index (χ2n) is 6.48. The fraction of sp³-hybridized carbons (Fsp3) is 1.00. The van der Waals surface area contributed by atoms with Gasteiger partial charge in [0, 0.05) is 32.3 Å². The van der Waals surface area contributed by atoms with Gasteiger partial charge in [0.1, 0.15) is 0 Å². The maximum absolute atomic E-state index is 12.4. The van der Waals surface area contributed by atoms with E-state index in [0.717, 1.165) is 44.8 Å². The monoisotopic (exact) mass is 290 g/mol. The largest absolute Gasteiger partial charge is 0.396 e. The van der Waals surface area contributed by atoms with E-state index in [9.17, 15) is 8.78 Å². The van der Waals surface area contributed by atoms with Crippen molar-refractivity contribution in [2.75, 3.05) is 32.8 Å². The second kappa shape index (κ2) is 8.25. The predicted molar refractivity (Wildman–Crippen MR) is 76.0 cm³/mol. The first kappa shape index (κ1) is 16.1. The van der Waals surface area contributed by atoms with E-state index in [1.54, 1.807) is 0 Å². The lowest BCUT2D eigenvalue weighted by molar-refractivity contribution is 0.0829. The summed E-state index contributed by atoms with van der Waals surface area (Å²) in [5.41, 5.74) is 0. The Morgan fingerprint density at radius 3 is 2.60 bits per heavy atom. The molecular formula is C15H28F2N2O. The Bertz CT molecular complexity index is 275. The van der Waals surface area contributed by atoms with Crippen LogP contribution in [0.15, 0.2) is 0 Å². The molecule has 1 aliphatic carbocycles. The van der Waals surface area contributed by atoms with Gasteiger partial charge in [-0.2, -0.15) is 0 Å². The van der Waals surface area contributed by atoms with E-state index in [1.165, 1.54) is 19.3 Å². The van der Waals surface area contributed by atoms with E-state index in [1.807, 2.05) is 0 Å². The quantitative estimate of drug-likeness (QED) is 0.718. The van der Waals surface area contributed by atoms with Crippen LogP contribution < -0.4 is 5.32 Å². The minimum absolute atomic E-state index is 0.182. The van der Waals surface area contributed by atoms with Crippen molar-refractivity contribution in [2.24, 2.45) is 11.8 Å². The molecule has 2 fully saturated rings. The molecule has 2 rings (SSSR count). The maximum atomic E-state index is 12.4. The molecule has 0 aromatic carbocycles. The summed E-state index contributed by atoms with van der Waals surface area (Å²) in [6.07, 6.45) is 4.52. The molecule has 0 aromatic rings. The summed E-state index contributed by atoms with van der Waals surface area (Å²) >= 11 is 0. The minimum atomic E-state index is -2.27. The molecule has 0 amide bonds. The minimum Gasteiger partial charge on any atom is -0.396 e. The Labute approximate surface area is 120 Å². The number of likely N-dealkylation sites (tertiary alicyclic amines) is 1. The summed E-state index contributed by atoms with van der Waals surface area (Å²) < 4.78 is 24.7. The van der Waals surface area contributed by atoms with Crippen LogP contribution in [0, 0.1) is 11.8 Å². The average Bonchev–Trinajstić information content (AvgIpc) is 2.38. The van der Waals surface area contributed by atoms with Crippen molar-refractivity contribution in [1.82, 2.24) is 10.2 Å². The van der Waals surface area contributed by atoms with Crippen molar-refractivity contribution in [3.05, 3.63) is 0 Å². The normalized spacial score (nSPS) is 28.8. The van der Waals surface area contributed by atoms with E-state index in [4.69, 9.17) is 5.11 Å². The van der Waals surface area contributed by atoms with Crippen LogP contribution in [0.3, 0.4) is 0 Å². The first-order valence-electron chi connectivity index (χ1n) is 8.02. The summed E-state index contributed by atoms with van der Waals surface area (Å²) in [6.45, 7) is 3.13. The molecule has 0 radical (unpaired) electrons. The Morgan fingerprint density at radius 1 is 1.20 bits per heavy atom. The number of alkyl halides is 2. The third kappa shape index (κ3) is 5.26. The van der Waals surface area contributed by atoms with E-state index < -0.39 is 6.43 Å². The Morgan fingerprint density at radius 2 is 2.00 bits per heavy atom. The summed E-state index contributed by atoms with van der Waals surface area (Å²) in [5, 5.41) is 12.0. The number of hydrogen-bond acceptors (Lipinski definition) is 3. The highest BCUT2D eigenvalue weighted by molar-refractivity contribution is 4.86. The molecule has 3 nitrogen and oxygen atoms in total. The van der Waals surface area contributed by atoms with E-state index in [0.29, 0.717) is 5.92 Å². The van der Waals surface area contributed by atoms with Gasteiger partial charge < -0.3 is 15.3 Å². The zero-order valence-electron chi connectivity index (χ0n) is 12.2. The average molecular weight is 290 g/mol. The van der Waals surface area contributed by atoms with Gasteiger partial charge in [0.05, 0.1) is 6.54 Å². The number of rotatable bonds is 8. The lowest BCUT2D eigenvalue weighted by Gasteiger charge is -2.41. The molecule has 1 saturated carbocycles. The molecule has 1 saturated heterocycles. The van der Waals surface area contributed by atoms with Gasteiger partial charge in [-0.05, 0) is 43.9 Å². The number of nitrogens with one attached hydrogen (secondary N) is 1. The van der Waals surface area contributed by atoms with E-state index >= 15 is 0 Å². The van der Waals surface area contributed by atoms with Crippen LogP contribution in [0.5, 0.6) is 0 Å². The highest BCUT2D eigenvalue weighted by Crippen LogP contribution is 2.29. The molecule has 5 heteroatoms. The van der Waals surface area contributed by atoms with Gasteiger partial charge in [0.15, 0.2) is 0 Å². The van der Waals surface area contributed by atoms with Crippen molar-refractivity contribution < 1.29 is 13.9 Å². The predicted octanol–water partition coefficient (Wildman–Crippen LogP) is 2.10. The van der Waals surface area contributed by atoms with Crippen LogP contribution in [-0.4, -0.2) is 55.3 Å². The van der Waals surface area contributed by atoms with E-state index in [-0.39, 0.29) is 19.2 Å². The van der Waals surface area contributed by atoms with Crippen LogP contribution in [0.25, 0.3) is 0 Å². The number of hydrogen-bond donors (Lipinski definition) is 2. The van der Waals surface area contributed by atoms with Crippen LogP contribution in [0.2, 0.25) is 0 Å². The molecule has 2 atom stereocenters. The molecule has 20 heavy (non-hydrogen) atoms. The van der Waals surface area contributed by atoms with Crippen LogP contribution in [0.4, 0.5) is 8.78 Å². The van der Waals surface area contributed by atoms with Crippen molar-refractivity contribution >= 4 is 0 Å². The van der Waals surface area contributed by atoms with Gasteiger partial charge in [0.2, 0.25) is 0 Å². The lowest BCUT2D eigenvalue weighted by Crippen LogP contribution is -2.51. The molecule has 0 spiro atoms. The summed E-state index contributed by atoms with van der Waals surface area (Å²) in [4.78, 5) is 2.46. The van der Waals surface area contributed by atoms with Crippen molar-refractivity contribution in [1.29, 1.82) is 0 Å². The fourth-order valence-corrected chi connectivity index (χ4v) is 3.49. The van der Waals surface area contributed by atoms with Gasteiger partial charge in [0.25, 0.3) is 6.43 Å². The van der Waals surface area contributed by atoms with Gasteiger partial charge in [-0.1, -0.05) is 6.42 Å². The molecule has 118 valence electrons. The third-order valence-electron chi connectivity index (χ3n) is 4.69. The van der Waals surface area contributed by atoms with Crippen molar-refractivity contribution in [2.45, 2.75) is 51.0 Å². The first-order chi connectivity index (χ1) is 9.67. The number of aliphatic hydroxyl groups excluding tert-OH is 1. The van der Waals surface area contributed by atoms with Crippen LogP contribution in [0.1, 0.15) is 38.5 Å². The fourth-order valence-electron chi connectivity index (χ4n) is 3.49. The van der Waals surface area contributed by atoms with Gasteiger partial charge in [-0.25, -0.2) is 8.78 Å². The Hall–Kier alpha value is -0.260. The molecule has 2 aliphatic rings. The number of nitrogens with zero attached hydrogens (tertiary/aromatic N) is 1. The molecule has 2 N–H and O–H groups in total. The second-order valence-corrected chi connectivity index (χ2v) is 6.48. The Balaban J connectivity index is 1.80.